The fourth-order valence-electron chi connectivity index (χ4n) is 1.76. The topological polar surface area (TPSA) is 81.1 Å². The molecular weight excluding hydrogens is 290 g/mol. The van der Waals surface area contributed by atoms with Crippen molar-refractivity contribution in [3.8, 4) is 0 Å². The number of anilines is 1. The Labute approximate surface area is 123 Å². The van der Waals surface area contributed by atoms with Gasteiger partial charge in [-0.3, -0.25) is 9.48 Å². The molecule has 0 saturated heterocycles. The van der Waals surface area contributed by atoms with Crippen molar-refractivity contribution in [3.63, 3.8) is 0 Å². The summed E-state index contributed by atoms with van der Waals surface area (Å²) in [6.45, 7) is 3.96. The minimum atomic E-state index is -3.34. The van der Waals surface area contributed by atoms with Gasteiger partial charge in [-0.05, 0) is 32.0 Å². The molecule has 1 amide bonds. The van der Waals surface area contributed by atoms with E-state index in [1.807, 2.05) is 13.8 Å². The molecule has 0 bridgehead atoms. The molecule has 1 aromatic carbocycles. The molecule has 0 spiro atoms. The third-order valence-corrected chi connectivity index (χ3v) is 4.02. The van der Waals surface area contributed by atoms with Crippen LogP contribution in [0.2, 0.25) is 0 Å². The van der Waals surface area contributed by atoms with E-state index in [-0.39, 0.29) is 22.4 Å². The van der Waals surface area contributed by atoms with Crippen LogP contribution in [-0.2, 0) is 9.84 Å². The molecule has 0 fully saturated rings. The average Bonchev–Trinajstić information content (AvgIpc) is 2.86. The van der Waals surface area contributed by atoms with Gasteiger partial charge in [0.1, 0.15) is 0 Å². The van der Waals surface area contributed by atoms with Crippen molar-refractivity contribution in [3.05, 3.63) is 42.2 Å². The number of benzene rings is 1. The highest BCUT2D eigenvalue weighted by Gasteiger charge is 2.12. The van der Waals surface area contributed by atoms with Gasteiger partial charge in [0, 0.05) is 24.1 Å². The zero-order valence-corrected chi connectivity index (χ0v) is 12.9. The van der Waals surface area contributed by atoms with E-state index in [2.05, 4.69) is 10.4 Å². The monoisotopic (exact) mass is 307 g/mol. The number of aromatic nitrogens is 2. The molecule has 0 aliphatic rings. The van der Waals surface area contributed by atoms with Gasteiger partial charge in [0.25, 0.3) is 5.91 Å². The smallest absolute Gasteiger partial charge is 0.255 e. The van der Waals surface area contributed by atoms with E-state index in [9.17, 15) is 13.2 Å². The van der Waals surface area contributed by atoms with Gasteiger partial charge in [-0.15, -0.1) is 0 Å². The lowest BCUT2D eigenvalue weighted by Crippen LogP contribution is -2.12. The summed E-state index contributed by atoms with van der Waals surface area (Å²) in [4.78, 5) is 12.2. The standard InChI is InChI=1S/C14H17N3O3S/c1-10(2)17-9-12(8-15-17)16-14(18)11-5-4-6-13(7-11)21(3,19)20/h4-10H,1-3H3,(H,16,18). The Morgan fingerprint density at radius 3 is 2.62 bits per heavy atom. The second kappa shape index (κ2) is 5.69. The Morgan fingerprint density at radius 1 is 1.33 bits per heavy atom. The number of hydrogen-bond donors (Lipinski definition) is 1. The summed E-state index contributed by atoms with van der Waals surface area (Å²) in [6, 6.07) is 6.13. The van der Waals surface area contributed by atoms with Crippen LogP contribution in [-0.4, -0.2) is 30.4 Å². The van der Waals surface area contributed by atoms with Gasteiger partial charge in [0.15, 0.2) is 9.84 Å². The van der Waals surface area contributed by atoms with Gasteiger partial charge >= 0.3 is 0 Å². The van der Waals surface area contributed by atoms with Gasteiger partial charge in [0.05, 0.1) is 16.8 Å². The molecule has 0 aliphatic heterocycles. The predicted octanol–water partition coefficient (Wildman–Crippen LogP) is 2.12. The second-order valence-electron chi connectivity index (χ2n) is 5.06. The van der Waals surface area contributed by atoms with Crippen LogP contribution in [0.5, 0.6) is 0 Å². The molecule has 0 aliphatic carbocycles. The quantitative estimate of drug-likeness (QED) is 0.938. The fourth-order valence-corrected chi connectivity index (χ4v) is 2.42. The van der Waals surface area contributed by atoms with Gasteiger partial charge < -0.3 is 5.32 Å². The largest absolute Gasteiger partial charge is 0.319 e. The van der Waals surface area contributed by atoms with Gasteiger partial charge in [0.2, 0.25) is 0 Å². The molecule has 2 aromatic rings. The van der Waals surface area contributed by atoms with Crippen LogP contribution in [0.25, 0.3) is 0 Å². The Bertz CT molecular complexity index is 763. The van der Waals surface area contributed by atoms with Crippen molar-refractivity contribution in [2.45, 2.75) is 24.8 Å². The molecule has 21 heavy (non-hydrogen) atoms. The highest BCUT2D eigenvalue weighted by Crippen LogP contribution is 2.14. The molecule has 112 valence electrons. The Balaban J connectivity index is 2.20. The zero-order chi connectivity index (χ0) is 15.6. The molecule has 1 N–H and O–H groups in total. The zero-order valence-electron chi connectivity index (χ0n) is 12.1. The van der Waals surface area contributed by atoms with Crippen molar-refractivity contribution < 1.29 is 13.2 Å². The lowest BCUT2D eigenvalue weighted by Gasteiger charge is -2.05. The first-order chi connectivity index (χ1) is 9.77. The highest BCUT2D eigenvalue weighted by molar-refractivity contribution is 7.90. The molecule has 0 radical (unpaired) electrons. The van der Waals surface area contributed by atoms with E-state index in [4.69, 9.17) is 0 Å². The van der Waals surface area contributed by atoms with Gasteiger partial charge in [-0.2, -0.15) is 5.10 Å². The molecule has 2 rings (SSSR count). The summed E-state index contributed by atoms with van der Waals surface area (Å²) in [7, 11) is -3.34. The fraction of sp³-hybridized carbons (Fsp3) is 0.286. The summed E-state index contributed by atoms with van der Waals surface area (Å²) in [5.41, 5.74) is 0.855. The molecule has 1 aromatic heterocycles. The highest BCUT2D eigenvalue weighted by atomic mass is 32.2. The van der Waals surface area contributed by atoms with E-state index in [0.29, 0.717) is 5.69 Å². The van der Waals surface area contributed by atoms with E-state index in [1.54, 1.807) is 29.2 Å². The van der Waals surface area contributed by atoms with E-state index < -0.39 is 9.84 Å². The third kappa shape index (κ3) is 3.69. The maximum Gasteiger partial charge on any atom is 0.255 e. The summed E-state index contributed by atoms with van der Waals surface area (Å²) in [5.74, 6) is -0.371. The van der Waals surface area contributed by atoms with Crippen LogP contribution in [0.4, 0.5) is 5.69 Å². The number of carbonyl (C=O) groups excluding carboxylic acids is 1. The number of nitrogens with zero attached hydrogens (tertiary/aromatic N) is 2. The Kier molecular flexibility index (Phi) is 4.13. The number of amides is 1. The summed E-state index contributed by atoms with van der Waals surface area (Å²) in [5, 5.41) is 6.82. The first-order valence-electron chi connectivity index (χ1n) is 6.43. The lowest BCUT2D eigenvalue weighted by molar-refractivity contribution is 0.102. The van der Waals surface area contributed by atoms with Crippen molar-refractivity contribution in [1.29, 1.82) is 0 Å². The molecule has 7 heteroatoms. The van der Waals surface area contributed by atoms with Crippen LogP contribution in [0.3, 0.4) is 0 Å². The van der Waals surface area contributed by atoms with Crippen LogP contribution in [0, 0.1) is 0 Å². The molecule has 1 heterocycles. The maximum absolute atomic E-state index is 12.1. The van der Waals surface area contributed by atoms with Crippen LogP contribution in [0.15, 0.2) is 41.6 Å². The number of hydrogen-bond acceptors (Lipinski definition) is 4. The average molecular weight is 307 g/mol. The predicted molar refractivity (Wildman–Crippen MR) is 80.1 cm³/mol. The van der Waals surface area contributed by atoms with Crippen molar-refractivity contribution in [1.82, 2.24) is 9.78 Å². The molecule has 0 unspecified atom stereocenters. The minimum Gasteiger partial charge on any atom is -0.319 e. The molecular formula is C14H17N3O3S. The lowest BCUT2D eigenvalue weighted by atomic mass is 10.2. The third-order valence-electron chi connectivity index (χ3n) is 2.91. The molecule has 6 nitrogen and oxygen atoms in total. The van der Waals surface area contributed by atoms with E-state index in [1.165, 1.54) is 12.1 Å². The number of sulfone groups is 1. The molecule has 0 atom stereocenters. The van der Waals surface area contributed by atoms with E-state index >= 15 is 0 Å². The van der Waals surface area contributed by atoms with Crippen molar-refractivity contribution in [2.24, 2.45) is 0 Å². The molecule has 0 saturated carbocycles. The summed E-state index contributed by atoms with van der Waals surface area (Å²) in [6.07, 6.45) is 4.39. The number of rotatable bonds is 4. The first-order valence-corrected chi connectivity index (χ1v) is 8.32. The second-order valence-corrected chi connectivity index (χ2v) is 7.07. The summed E-state index contributed by atoms with van der Waals surface area (Å²) >= 11 is 0. The number of nitrogens with one attached hydrogen (secondary N) is 1. The minimum absolute atomic E-state index is 0.119. The van der Waals surface area contributed by atoms with Crippen molar-refractivity contribution in [2.75, 3.05) is 11.6 Å². The maximum atomic E-state index is 12.1. The normalized spacial score (nSPS) is 11.6. The van der Waals surface area contributed by atoms with Crippen LogP contribution in [0.1, 0.15) is 30.2 Å². The van der Waals surface area contributed by atoms with Crippen LogP contribution < -0.4 is 5.32 Å². The first kappa shape index (κ1) is 15.2. The number of carbonyl (C=O) groups is 1. The Morgan fingerprint density at radius 2 is 2.05 bits per heavy atom. The van der Waals surface area contributed by atoms with E-state index in [0.717, 1.165) is 6.26 Å². The van der Waals surface area contributed by atoms with Crippen LogP contribution >= 0.6 is 0 Å². The summed E-state index contributed by atoms with van der Waals surface area (Å²) < 4.78 is 24.7. The SMILES string of the molecule is CC(C)n1cc(NC(=O)c2cccc(S(C)(=O)=O)c2)cn1. The van der Waals surface area contributed by atoms with Crippen molar-refractivity contribution >= 4 is 21.4 Å². The van der Waals surface area contributed by atoms with Gasteiger partial charge in [-0.25, -0.2) is 8.42 Å². The Hall–Kier alpha value is -2.15. The van der Waals surface area contributed by atoms with Gasteiger partial charge in [-0.1, -0.05) is 6.07 Å².